The van der Waals surface area contributed by atoms with E-state index in [4.69, 9.17) is 14.3 Å². The van der Waals surface area contributed by atoms with E-state index < -0.39 is 29.9 Å². The summed E-state index contributed by atoms with van der Waals surface area (Å²) in [6.45, 7) is -0.711. The third-order valence-corrected chi connectivity index (χ3v) is 4.05. The Morgan fingerprint density at radius 2 is 1.17 bits per heavy atom. The standard InChI is InChI=1S/C19H34O4/c1-3-4-5-6-7-8-9-10-11-12-13-14-15-17(19(22)23)16(2)18(20)21/h3-15H2,1-2H3,(H,20,21)(H,22,23)/b17-16-/i2D3. The summed E-state index contributed by atoms with van der Waals surface area (Å²) in [4.78, 5) is 22.4. The van der Waals surface area contributed by atoms with Crippen LogP contribution in [0.1, 0.15) is 101 Å². The topological polar surface area (TPSA) is 74.6 Å². The van der Waals surface area contributed by atoms with Crippen molar-refractivity contribution in [3.63, 3.8) is 0 Å². The lowest BCUT2D eigenvalue weighted by Crippen LogP contribution is -2.09. The van der Waals surface area contributed by atoms with Gasteiger partial charge in [0.05, 0.1) is 0 Å². The zero-order valence-electron chi connectivity index (χ0n) is 17.4. The summed E-state index contributed by atoms with van der Waals surface area (Å²) in [7, 11) is 0. The average molecular weight is 329 g/mol. The fraction of sp³-hybridized carbons (Fsp3) is 0.789. The lowest BCUT2D eigenvalue weighted by Gasteiger charge is -2.06. The first-order valence-corrected chi connectivity index (χ1v) is 8.92. The lowest BCUT2D eigenvalue weighted by molar-refractivity contribution is -0.136. The first-order valence-electron chi connectivity index (χ1n) is 10.4. The van der Waals surface area contributed by atoms with Gasteiger partial charge in [-0.05, 0) is 19.7 Å². The summed E-state index contributed by atoms with van der Waals surface area (Å²) >= 11 is 0. The van der Waals surface area contributed by atoms with Crippen LogP contribution in [-0.4, -0.2) is 22.2 Å². The van der Waals surface area contributed by atoms with Gasteiger partial charge in [-0.2, -0.15) is 0 Å². The molecule has 0 saturated heterocycles. The van der Waals surface area contributed by atoms with Gasteiger partial charge < -0.3 is 10.2 Å². The molecule has 134 valence electrons. The predicted octanol–water partition coefficient (Wildman–Crippen LogP) is 5.56. The normalized spacial score (nSPS) is 14.6. The van der Waals surface area contributed by atoms with Gasteiger partial charge in [0.25, 0.3) is 0 Å². The van der Waals surface area contributed by atoms with Gasteiger partial charge >= 0.3 is 11.9 Å². The molecule has 0 aromatic heterocycles. The number of aliphatic carboxylic acids is 2. The number of rotatable bonds is 15. The number of carboxylic acid groups (broad SMARTS) is 2. The second-order valence-electron chi connectivity index (χ2n) is 6.10. The minimum Gasteiger partial charge on any atom is -0.478 e. The third kappa shape index (κ3) is 11.8. The van der Waals surface area contributed by atoms with Crippen LogP contribution in [0.4, 0.5) is 0 Å². The maximum atomic E-state index is 11.3. The molecule has 23 heavy (non-hydrogen) atoms. The molecule has 0 aromatic carbocycles. The molecule has 0 heterocycles. The van der Waals surface area contributed by atoms with Crippen molar-refractivity contribution in [1.29, 1.82) is 0 Å². The van der Waals surface area contributed by atoms with E-state index in [0.29, 0.717) is 6.42 Å². The summed E-state index contributed by atoms with van der Waals surface area (Å²) in [5, 5.41) is 18.2. The first-order chi connectivity index (χ1) is 12.2. The van der Waals surface area contributed by atoms with Crippen LogP contribution in [0.5, 0.6) is 0 Å². The Balaban J connectivity index is 4.06. The van der Waals surface area contributed by atoms with Crippen LogP contribution in [0.15, 0.2) is 11.1 Å². The van der Waals surface area contributed by atoms with Gasteiger partial charge in [-0.25, -0.2) is 9.59 Å². The van der Waals surface area contributed by atoms with Crippen molar-refractivity contribution in [3.05, 3.63) is 11.1 Å². The summed E-state index contributed by atoms with van der Waals surface area (Å²) in [6.07, 6.45) is 13.4. The molecule has 4 heteroatoms. The lowest BCUT2D eigenvalue weighted by atomic mass is 10.0. The van der Waals surface area contributed by atoms with E-state index >= 15 is 0 Å². The minimum absolute atomic E-state index is 0.0210. The summed E-state index contributed by atoms with van der Waals surface area (Å²) in [5.74, 6) is -3.14. The van der Waals surface area contributed by atoms with E-state index in [0.717, 1.165) is 25.7 Å². The molecular formula is C19H34O4. The molecule has 0 aliphatic rings. The molecular weight excluding hydrogens is 292 g/mol. The molecule has 0 aromatic rings. The molecule has 0 bridgehead atoms. The number of hydrogen-bond acceptors (Lipinski definition) is 2. The second kappa shape index (κ2) is 14.3. The number of carboxylic acids is 2. The smallest absolute Gasteiger partial charge is 0.332 e. The SMILES string of the molecule is [2H]C([2H])([2H])/C(C(=O)O)=C(\CCCCCCCCCCCCCC)C(=O)O. The van der Waals surface area contributed by atoms with Gasteiger partial charge in [-0.1, -0.05) is 77.6 Å². The highest BCUT2D eigenvalue weighted by atomic mass is 16.4. The van der Waals surface area contributed by atoms with Crippen molar-refractivity contribution < 1.29 is 23.9 Å². The number of unbranched alkanes of at least 4 members (excludes halogenated alkanes) is 11. The Labute approximate surface area is 145 Å². The van der Waals surface area contributed by atoms with E-state index in [1.54, 1.807) is 0 Å². The van der Waals surface area contributed by atoms with E-state index in [1.807, 2.05) is 0 Å². The molecule has 0 atom stereocenters. The first kappa shape index (κ1) is 16.5. The van der Waals surface area contributed by atoms with Gasteiger partial charge in [-0.3, -0.25) is 0 Å². The van der Waals surface area contributed by atoms with Crippen molar-refractivity contribution in [2.24, 2.45) is 0 Å². The Morgan fingerprint density at radius 3 is 1.52 bits per heavy atom. The maximum absolute atomic E-state index is 11.3. The van der Waals surface area contributed by atoms with Crippen molar-refractivity contribution >= 4 is 11.9 Å². The molecule has 0 spiro atoms. The van der Waals surface area contributed by atoms with Crippen molar-refractivity contribution in [1.82, 2.24) is 0 Å². The van der Waals surface area contributed by atoms with E-state index in [2.05, 4.69) is 6.92 Å². The van der Waals surface area contributed by atoms with Crippen LogP contribution in [-0.2, 0) is 9.59 Å². The monoisotopic (exact) mass is 329 g/mol. The predicted molar refractivity (Wildman–Crippen MR) is 93.7 cm³/mol. The highest BCUT2D eigenvalue weighted by Crippen LogP contribution is 2.16. The molecule has 0 aliphatic carbocycles. The summed E-state index contributed by atoms with van der Waals surface area (Å²) in [5.41, 5.74) is -1.46. The van der Waals surface area contributed by atoms with Crippen LogP contribution >= 0.6 is 0 Å². The summed E-state index contributed by atoms with van der Waals surface area (Å²) < 4.78 is 21.7. The molecule has 0 saturated carbocycles. The average Bonchev–Trinajstić information content (AvgIpc) is 2.52. The fourth-order valence-electron chi connectivity index (χ4n) is 2.61. The third-order valence-electron chi connectivity index (χ3n) is 4.05. The van der Waals surface area contributed by atoms with Crippen LogP contribution < -0.4 is 0 Å². The van der Waals surface area contributed by atoms with E-state index in [9.17, 15) is 9.59 Å². The number of hydrogen-bond donors (Lipinski definition) is 2. The molecule has 0 rings (SSSR count). The van der Waals surface area contributed by atoms with E-state index in [-0.39, 0.29) is 6.42 Å². The van der Waals surface area contributed by atoms with Gasteiger partial charge in [0.2, 0.25) is 0 Å². The van der Waals surface area contributed by atoms with Gasteiger partial charge in [0, 0.05) is 15.3 Å². The van der Waals surface area contributed by atoms with Crippen LogP contribution in [0.3, 0.4) is 0 Å². The molecule has 2 N–H and O–H groups in total. The highest BCUT2D eigenvalue weighted by molar-refractivity contribution is 5.98. The van der Waals surface area contributed by atoms with Crippen molar-refractivity contribution in [2.45, 2.75) is 97.2 Å². The fourth-order valence-corrected chi connectivity index (χ4v) is 2.61. The minimum atomic E-state index is -2.92. The Bertz CT molecular complexity index is 456. The van der Waals surface area contributed by atoms with Gasteiger partial charge in [-0.15, -0.1) is 0 Å². The van der Waals surface area contributed by atoms with Crippen LogP contribution in [0, 0.1) is 0 Å². The second-order valence-corrected chi connectivity index (χ2v) is 6.10. The van der Waals surface area contributed by atoms with Crippen molar-refractivity contribution in [3.8, 4) is 0 Å². The zero-order valence-corrected chi connectivity index (χ0v) is 14.4. The zero-order chi connectivity index (χ0) is 20.0. The van der Waals surface area contributed by atoms with Crippen LogP contribution in [0.2, 0.25) is 0 Å². The number of carbonyl (C=O) groups is 2. The Kier molecular flexibility index (Phi) is 10.3. The maximum Gasteiger partial charge on any atom is 0.332 e. The molecule has 4 nitrogen and oxygen atoms in total. The Hall–Kier alpha value is -1.32. The van der Waals surface area contributed by atoms with Crippen molar-refractivity contribution in [2.75, 3.05) is 0 Å². The highest BCUT2D eigenvalue weighted by Gasteiger charge is 2.15. The van der Waals surface area contributed by atoms with Crippen LogP contribution in [0.25, 0.3) is 0 Å². The summed E-state index contributed by atoms with van der Waals surface area (Å²) in [6, 6.07) is 0. The quantitative estimate of drug-likeness (QED) is 0.304. The van der Waals surface area contributed by atoms with Gasteiger partial charge in [0.1, 0.15) is 0 Å². The Morgan fingerprint density at radius 1 is 0.739 bits per heavy atom. The largest absolute Gasteiger partial charge is 0.478 e. The van der Waals surface area contributed by atoms with Gasteiger partial charge in [0.15, 0.2) is 0 Å². The molecule has 0 radical (unpaired) electrons. The molecule has 0 fully saturated rings. The molecule has 0 amide bonds. The molecule has 0 aliphatic heterocycles. The molecule has 0 unspecified atom stereocenters. The van der Waals surface area contributed by atoms with E-state index in [1.165, 1.54) is 44.9 Å².